The molecule has 13 heteroatoms. The van der Waals surface area contributed by atoms with Gasteiger partial charge >= 0.3 is 18.2 Å². The number of esters is 1. The fourth-order valence-electron chi connectivity index (χ4n) is 7.49. The molecule has 0 aliphatic carbocycles. The maximum absolute atomic E-state index is 13.8. The summed E-state index contributed by atoms with van der Waals surface area (Å²) in [7, 11) is 3.86. The average molecular weight is 660 g/mol. The summed E-state index contributed by atoms with van der Waals surface area (Å²) in [5, 5.41) is 12.0. The van der Waals surface area contributed by atoms with Crippen molar-refractivity contribution in [2.75, 3.05) is 27.2 Å². The molecule has 2 unspecified atom stereocenters. The number of hydrogen-bond acceptors (Lipinski definition) is 10. The van der Waals surface area contributed by atoms with Gasteiger partial charge in [0.05, 0.1) is 41.1 Å². The van der Waals surface area contributed by atoms with Crippen LogP contribution in [0.3, 0.4) is 0 Å². The molecule has 4 aliphatic rings. The van der Waals surface area contributed by atoms with Gasteiger partial charge < -0.3 is 33.7 Å². The molecule has 0 radical (unpaired) electrons. The lowest BCUT2D eigenvalue weighted by atomic mass is 9.86. The summed E-state index contributed by atoms with van der Waals surface area (Å²) in [5.41, 5.74) is 1.07. The lowest BCUT2D eigenvalue weighted by molar-refractivity contribution is -0.172. The van der Waals surface area contributed by atoms with Crippen LogP contribution in [0.5, 0.6) is 5.75 Å². The van der Waals surface area contributed by atoms with E-state index in [1.807, 2.05) is 45.8 Å². The van der Waals surface area contributed by atoms with Crippen molar-refractivity contribution in [1.82, 2.24) is 24.3 Å². The molecule has 2 saturated heterocycles. The van der Waals surface area contributed by atoms with Crippen LogP contribution in [0, 0.1) is 0 Å². The van der Waals surface area contributed by atoms with E-state index in [9.17, 15) is 24.3 Å². The van der Waals surface area contributed by atoms with E-state index in [2.05, 4.69) is 0 Å². The molecule has 2 aromatic heterocycles. The topological polar surface area (TPSA) is 144 Å². The van der Waals surface area contributed by atoms with Crippen LogP contribution in [0.15, 0.2) is 29.1 Å². The molecule has 254 valence electrons. The third-order valence-corrected chi connectivity index (χ3v) is 9.78. The van der Waals surface area contributed by atoms with Crippen LogP contribution in [0.2, 0.25) is 0 Å². The molecule has 7 rings (SSSR count). The minimum Gasteiger partial charge on any atom is -0.458 e. The second kappa shape index (κ2) is 11.3. The van der Waals surface area contributed by atoms with Crippen LogP contribution < -0.4 is 10.3 Å². The number of carbonyl (C=O) groups excluding carboxylic acids is 3. The summed E-state index contributed by atoms with van der Waals surface area (Å²) in [6.07, 6.45) is 0.788. The Morgan fingerprint density at radius 1 is 1.10 bits per heavy atom. The number of nitrogens with zero attached hydrogens (tertiary/aromatic N) is 5. The molecule has 48 heavy (non-hydrogen) atoms. The van der Waals surface area contributed by atoms with E-state index < -0.39 is 23.3 Å². The van der Waals surface area contributed by atoms with Gasteiger partial charge in [-0.15, -0.1) is 0 Å². The number of aromatic nitrogens is 2. The summed E-state index contributed by atoms with van der Waals surface area (Å²) >= 11 is 0. The number of piperazine rings is 1. The smallest absolute Gasteiger partial charge is 0.415 e. The highest BCUT2D eigenvalue weighted by Crippen LogP contribution is 2.40. The minimum absolute atomic E-state index is 0.0655. The van der Waals surface area contributed by atoms with Crippen LogP contribution in [0.4, 0.5) is 9.59 Å². The molecular formula is C35H41N5O8. The molecule has 3 atom stereocenters. The normalized spacial score (nSPS) is 22.8. The molecule has 0 spiro atoms. The number of cyclic esters (lactones) is 1. The van der Waals surface area contributed by atoms with E-state index in [4.69, 9.17) is 19.2 Å². The Balaban J connectivity index is 1.21. The summed E-state index contributed by atoms with van der Waals surface area (Å²) in [6, 6.07) is 6.89. The number of pyridine rings is 2. The van der Waals surface area contributed by atoms with Gasteiger partial charge in [-0.2, -0.15) is 0 Å². The highest BCUT2D eigenvalue weighted by atomic mass is 16.6. The van der Waals surface area contributed by atoms with Crippen LogP contribution in [0.1, 0.15) is 69.2 Å². The Hall–Kier alpha value is -4.49. The number of amides is 2. The minimum atomic E-state index is -1.90. The Bertz CT molecular complexity index is 1920. The molecule has 1 N–H and O–H groups in total. The maximum Gasteiger partial charge on any atom is 0.415 e. The third kappa shape index (κ3) is 5.20. The van der Waals surface area contributed by atoms with Gasteiger partial charge in [-0.05, 0) is 78.4 Å². The van der Waals surface area contributed by atoms with Crippen LogP contribution >= 0.6 is 0 Å². The standard InChI is InChI=1S/C35H41N5O8/c1-7-35(45)25-13-27-29-19(14-39(27)30(41)24(25)18-46-31(35)42)12-22-23(17-37(5)6)28(11-10-26(22)36-29)47-33(44)40-20-8-9-21(40)16-38(15-20)32(43)48-34(2,3)4/h10-13,20-21,45H,7-9,14-18H2,1-6H3/t20?,21?,35-/m0/s1. The fraction of sp³-hybridized carbons (Fsp3) is 0.514. The Morgan fingerprint density at radius 3 is 2.46 bits per heavy atom. The van der Waals surface area contributed by atoms with Gasteiger partial charge in [-0.25, -0.2) is 19.4 Å². The van der Waals surface area contributed by atoms with E-state index in [1.165, 1.54) is 0 Å². The lowest BCUT2D eigenvalue weighted by Crippen LogP contribution is -2.58. The van der Waals surface area contributed by atoms with Crippen molar-refractivity contribution in [1.29, 1.82) is 0 Å². The quantitative estimate of drug-likeness (QED) is 0.322. The van der Waals surface area contributed by atoms with Gasteiger partial charge in [0.15, 0.2) is 5.60 Å². The molecule has 13 nitrogen and oxygen atoms in total. The molecule has 2 amide bonds. The first-order valence-corrected chi connectivity index (χ1v) is 16.4. The van der Waals surface area contributed by atoms with Crippen molar-refractivity contribution in [3.8, 4) is 17.1 Å². The van der Waals surface area contributed by atoms with Crippen LogP contribution in [-0.4, -0.2) is 92.4 Å². The molecule has 4 aliphatic heterocycles. The third-order valence-electron chi connectivity index (χ3n) is 9.78. The molecule has 6 heterocycles. The monoisotopic (exact) mass is 659 g/mol. The van der Waals surface area contributed by atoms with E-state index in [0.29, 0.717) is 42.3 Å². The predicted octanol–water partition coefficient (Wildman–Crippen LogP) is 3.72. The summed E-state index contributed by atoms with van der Waals surface area (Å²) in [4.78, 5) is 63.1. The Morgan fingerprint density at radius 2 is 1.81 bits per heavy atom. The van der Waals surface area contributed by atoms with Gasteiger partial charge in [0.2, 0.25) is 0 Å². The summed E-state index contributed by atoms with van der Waals surface area (Å²) in [6.45, 7) is 8.48. The zero-order valence-electron chi connectivity index (χ0n) is 28.2. The highest BCUT2D eigenvalue weighted by Gasteiger charge is 2.47. The van der Waals surface area contributed by atoms with E-state index in [1.54, 1.807) is 39.5 Å². The van der Waals surface area contributed by atoms with Crippen molar-refractivity contribution in [3.05, 3.63) is 56.9 Å². The number of ether oxygens (including phenoxy) is 3. The SMILES string of the molecule is CC[C@@]1(O)C(=O)OCc2c1cc1n(c2=O)Cc2cc3c(CN(C)C)c(OC(=O)N4C5CCC4CN(C(=O)OC(C)(C)C)C5)ccc3nc2-1. The number of fused-ring (bicyclic) bond motifs is 7. The molecule has 2 bridgehead atoms. The van der Waals surface area contributed by atoms with Gasteiger partial charge in [0, 0.05) is 41.7 Å². The molecule has 2 fully saturated rings. The molecule has 0 saturated carbocycles. The second-order valence-electron chi connectivity index (χ2n) is 14.5. The molecule has 1 aromatic carbocycles. The van der Waals surface area contributed by atoms with E-state index >= 15 is 0 Å². The fourth-order valence-corrected chi connectivity index (χ4v) is 7.49. The summed E-state index contributed by atoms with van der Waals surface area (Å²) < 4.78 is 18.5. The van der Waals surface area contributed by atoms with Gasteiger partial charge in [0.1, 0.15) is 18.0 Å². The average Bonchev–Trinajstić information content (AvgIpc) is 3.51. The van der Waals surface area contributed by atoms with Gasteiger partial charge in [-0.1, -0.05) is 6.92 Å². The zero-order chi connectivity index (χ0) is 34.3. The number of likely N-dealkylation sites (tertiary alicyclic amines) is 1. The van der Waals surface area contributed by atoms with Gasteiger partial charge in [-0.3, -0.25) is 9.69 Å². The van der Waals surface area contributed by atoms with Crippen molar-refractivity contribution in [2.45, 2.75) is 89.9 Å². The summed E-state index contributed by atoms with van der Waals surface area (Å²) in [5.74, 6) is -0.344. The second-order valence-corrected chi connectivity index (χ2v) is 14.5. The predicted molar refractivity (Wildman–Crippen MR) is 174 cm³/mol. The zero-order valence-corrected chi connectivity index (χ0v) is 28.2. The Labute approximate surface area is 278 Å². The lowest BCUT2D eigenvalue weighted by Gasteiger charge is -2.40. The van der Waals surface area contributed by atoms with Crippen molar-refractivity contribution < 1.29 is 33.7 Å². The van der Waals surface area contributed by atoms with Crippen LogP contribution in [0.25, 0.3) is 22.3 Å². The molecule has 3 aromatic rings. The Kier molecular flexibility index (Phi) is 7.55. The van der Waals surface area contributed by atoms with Crippen molar-refractivity contribution in [2.24, 2.45) is 0 Å². The van der Waals surface area contributed by atoms with Crippen molar-refractivity contribution in [3.63, 3.8) is 0 Å². The number of carbonyl (C=O) groups is 3. The largest absolute Gasteiger partial charge is 0.458 e. The first-order chi connectivity index (χ1) is 22.7. The number of aliphatic hydroxyl groups is 1. The number of hydrogen-bond donors (Lipinski definition) is 1. The van der Waals surface area contributed by atoms with Gasteiger partial charge in [0.25, 0.3) is 5.56 Å². The maximum atomic E-state index is 13.8. The van der Waals surface area contributed by atoms with E-state index in [0.717, 1.165) is 29.4 Å². The van der Waals surface area contributed by atoms with Crippen LogP contribution in [-0.2, 0) is 39.6 Å². The highest BCUT2D eigenvalue weighted by molar-refractivity contribution is 5.90. The van der Waals surface area contributed by atoms with E-state index in [-0.39, 0.29) is 54.4 Å². The first kappa shape index (κ1) is 32.1. The molecular weight excluding hydrogens is 618 g/mol. The first-order valence-electron chi connectivity index (χ1n) is 16.4. The van der Waals surface area contributed by atoms with Crippen molar-refractivity contribution >= 4 is 29.1 Å². The number of benzene rings is 1. The number of rotatable bonds is 4.